The van der Waals surface area contributed by atoms with Crippen molar-refractivity contribution < 1.29 is 18.8 Å². The van der Waals surface area contributed by atoms with Gasteiger partial charge in [0, 0.05) is 16.6 Å². The molecule has 1 fully saturated rings. The zero-order chi connectivity index (χ0) is 18.7. The largest absolute Gasteiger partial charge is 0.496 e. The fourth-order valence-electron chi connectivity index (χ4n) is 3.11. The molecule has 1 saturated heterocycles. The molecule has 0 aromatic heterocycles. The molecule has 6 heteroatoms. The van der Waals surface area contributed by atoms with E-state index in [1.807, 2.05) is 51.1 Å². The van der Waals surface area contributed by atoms with Crippen LogP contribution in [0.1, 0.15) is 43.1 Å². The third-order valence-electron chi connectivity index (χ3n) is 4.26. The summed E-state index contributed by atoms with van der Waals surface area (Å²) >= 11 is 6.34. The van der Waals surface area contributed by atoms with E-state index in [9.17, 15) is 4.79 Å². The van der Waals surface area contributed by atoms with E-state index in [1.54, 1.807) is 18.2 Å². The summed E-state index contributed by atoms with van der Waals surface area (Å²) in [7, 11) is -0.608. The van der Waals surface area contributed by atoms with Gasteiger partial charge in [-0.25, -0.2) is 4.79 Å². The second kappa shape index (κ2) is 7.83. The van der Waals surface area contributed by atoms with Crippen molar-refractivity contribution in [3.63, 3.8) is 0 Å². The molecule has 0 aliphatic carbocycles. The molecule has 0 saturated carbocycles. The minimum atomic E-state index is -0.608. The third-order valence-corrected chi connectivity index (χ3v) is 4.60. The Balaban J connectivity index is 1.75. The number of carbonyl (C=O) groups excluding carboxylic acids is 1. The second-order valence-electron chi connectivity index (χ2n) is 7.16. The number of hydrogen-bond donors (Lipinski definition) is 0. The lowest BCUT2D eigenvalue weighted by Crippen LogP contribution is -2.52. The minimum absolute atomic E-state index is 0.0357. The molecule has 1 atom stereocenters. The molecule has 0 amide bonds. The first-order valence-corrected chi connectivity index (χ1v) is 9.06. The van der Waals surface area contributed by atoms with Gasteiger partial charge in [-0.15, -0.1) is 0 Å². The molecule has 1 aliphatic heterocycles. The fraction of sp³-hybridized carbons (Fsp3) is 0.350. The van der Waals surface area contributed by atoms with Crippen molar-refractivity contribution in [1.29, 1.82) is 0 Å². The van der Waals surface area contributed by atoms with E-state index in [1.165, 1.54) is 0 Å². The smallest absolute Gasteiger partial charge is 0.457 e. The van der Waals surface area contributed by atoms with Crippen LogP contribution in [0.4, 0.5) is 0 Å². The number of benzene rings is 2. The van der Waals surface area contributed by atoms with Crippen LogP contribution in [0.2, 0.25) is 5.02 Å². The van der Waals surface area contributed by atoms with Crippen molar-refractivity contribution in [3.05, 3.63) is 64.7 Å². The van der Waals surface area contributed by atoms with Crippen LogP contribution in [0.25, 0.3) is 0 Å². The summed E-state index contributed by atoms with van der Waals surface area (Å²) in [6, 6.07) is 14.6. The van der Waals surface area contributed by atoms with Gasteiger partial charge in [-0.05, 0) is 51.0 Å². The van der Waals surface area contributed by atoms with E-state index in [0.29, 0.717) is 16.0 Å². The Morgan fingerprint density at radius 1 is 1.27 bits per heavy atom. The summed E-state index contributed by atoms with van der Waals surface area (Å²) in [6.07, 6.45) is 0.827. The topological polar surface area (TPSA) is 44.8 Å². The highest BCUT2D eigenvalue weighted by Crippen LogP contribution is 2.26. The highest BCUT2D eigenvalue weighted by atomic mass is 35.5. The molecule has 3 rings (SSSR count). The van der Waals surface area contributed by atoms with Crippen LogP contribution in [0.3, 0.4) is 0 Å². The monoisotopic (exact) mass is 372 g/mol. The maximum Gasteiger partial charge on any atom is 0.496 e. The van der Waals surface area contributed by atoms with Crippen molar-refractivity contribution in [1.82, 2.24) is 0 Å². The lowest BCUT2D eigenvalue weighted by molar-refractivity contribution is -0.0229. The zero-order valence-electron chi connectivity index (χ0n) is 15.2. The third kappa shape index (κ3) is 4.67. The highest BCUT2D eigenvalue weighted by Gasteiger charge is 2.39. The molecule has 0 radical (unpaired) electrons. The molecular weight excluding hydrogens is 350 g/mol. The fourth-order valence-corrected chi connectivity index (χ4v) is 3.32. The first-order chi connectivity index (χ1) is 12.3. The van der Waals surface area contributed by atoms with Crippen molar-refractivity contribution >= 4 is 30.2 Å². The van der Waals surface area contributed by atoms with E-state index < -0.39 is 13.1 Å². The van der Waals surface area contributed by atoms with Gasteiger partial charge in [0.25, 0.3) is 0 Å². The molecule has 2 aromatic carbocycles. The lowest BCUT2D eigenvalue weighted by atomic mass is 9.74. The average Bonchev–Trinajstić information content (AvgIpc) is 2.59. The van der Waals surface area contributed by atoms with Gasteiger partial charge in [0.1, 0.15) is 6.61 Å². The van der Waals surface area contributed by atoms with Gasteiger partial charge in [0.2, 0.25) is 0 Å². The number of carbonyl (C=O) groups is 1. The van der Waals surface area contributed by atoms with Crippen LogP contribution in [0.15, 0.2) is 48.5 Å². The molecule has 0 bridgehead atoms. The van der Waals surface area contributed by atoms with E-state index in [2.05, 4.69) is 0 Å². The average molecular weight is 373 g/mol. The van der Waals surface area contributed by atoms with Gasteiger partial charge < -0.3 is 14.0 Å². The van der Waals surface area contributed by atoms with Crippen LogP contribution < -0.4 is 5.46 Å². The van der Waals surface area contributed by atoms with Crippen LogP contribution in [0.5, 0.6) is 0 Å². The molecule has 0 N–H and O–H groups in total. The van der Waals surface area contributed by atoms with Gasteiger partial charge in [0.05, 0.1) is 11.2 Å². The van der Waals surface area contributed by atoms with Crippen molar-refractivity contribution in [3.8, 4) is 0 Å². The highest BCUT2D eigenvalue weighted by molar-refractivity contribution is 6.65. The first-order valence-electron chi connectivity index (χ1n) is 8.68. The Hall–Kier alpha value is -1.82. The number of halogens is 1. The molecule has 1 unspecified atom stereocenters. The Morgan fingerprint density at radius 2 is 2.00 bits per heavy atom. The van der Waals surface area contributed by atoms with Crippen LogP contribution in [0, 0.1) is 0 Å². The summed E-state index contributed by atoms with van der Waals surface area (Å²) in [5.74, 6) is -0.408. The van der Waals surface area contributed by atoms with Crippen molar-refractivity contribution in [2.45, 2.75) is 45.5 Å². The number of ether oxygens (including phenoxy) is 1. The Bertz CT molecular complexity index is 779. The predicted molar refractivity (Wildman–Crippen MR) is 103 cm³/mol. The maximum atomic E-state index is 12.4. The number of rotatable bonds is 4. The van der Waals surface area contributed by atoms with E-state index >= 15 is 0 Å². The van der Waals surface area contributed by atoms with E-state index in [-0.39, 0.29) is 18.3 Å². The second-order valence-corrected chi connectivity index (χ2v) is 7.57. The molecule has 1 aliphatic rings. The molecule has 136 valence electrons. The lowest BCUT2D eigenvalue weighted by Gasteiger charge is -2.38. The van der Waals surface area contributed by atoms with Crippen LogP contribution >= 0.6 is 11.6 Å². The molecule has 4 nitrogen and oxygen atoms in total. The van der Waals surface area contributed by atoms with Gasteiger partial charge in [-0.2, -0.15) is 0 Å². The Labute approximate surface area is 159 Å². The van der Waals surface area contributed by atoms with Gasteiger partial charge in [-0.1, -0.05) is 41.9 Å². The normalized spacial score (nSPS) is 19.2. The summed E-state index contributed by atoms with van der Waals surface area (Å²) < 4.78 is 17.3. The van der Waals surface area contributed by atoms with E-state index in [0.717, 1.165) is 12.0 Å². The summed E-state index contributed by atoms with van der Waals surface area (Å²) in [4.78, 5) is 12.4. The van der Waals surface area contributed by atoms with Crippen molar-refractivity contribution in [2.75, 3.05) is 0 Å². The van der Waals surface area contributed by atoms with Gasteiger partial charge >= 0.3 is 13.1 Å². The minimum Gasteiger partial charge on any atom is -0.457 e. The van der Waals surface area contributed by atoms with Crippen LogP contribution in [-0.2, 0) is 20.7 Å². The molecule has 1 heterocycles. The zero-order valence-corrected chi connectivity index (χ0v) is 16.0. The summed E-state index contributed by atoms with van der Waals surface area (Å²) in [6.45, 7) is 6.26. The predicted octanol–water partition coefficient (Wildman–Crippen LogP) is 4.00. The summed E-state index contributed by atoms with van der Waals surface area (Å²) in [5, 5.41) is 0.500. The van der Waals surface area contributed by atoms with Gasteiger partial charge in [-0.3, -0.25) is 0 Å². The van der Waals surface area contributed by atoms with Crippen LogP contribution in [-0.4, -0.2) is 24.8 Å². The van der Waals surface area contributed by atoms with Crippen molar-refractivity contribution in [2.24, 2.45) is 0 Å². The Morgan fingerprint density at radius 3 is 2.69 bits per heavy atom. The quantitative estimate of drug-likeness (QED) is 0.601. The number of esters is 1. The molecule has 2 aromatic rings. The summed E-state index contributed by atoms with van der Waals surface area (Å²) in [5.41, 5.74) is 1.67. The molecule has 26 heavy (non-hydrogen) atoms. The van der Waals surface area contributed by atoms with E-state index in [4.69, 9.17) is 25.6 Å². The standard InChI is InChI=1S/C20H22BClO4/c1-14-12-20(2,3)26-21(25-14)17-11-16(9-10-18(17)22)19(23)24-13-15-7-5-4-6-8-15/h4-11,14H,12-13H2,1-3H3. The SMILES string of the molecule is CC1CC(C)(C)OB(c2cc(C(=O)OCc3ccccc3)ccc2Cl)O1. The van der Waals surface area contributed by atoms with Gasteiger partial charge in [0.15, 0.2) is 0 Å². The molecule has 0 spiro atoms. The Kier molecular flexibility index (Phi) is 5.71. The maximum absolute atomic E-state index is 12.4. The molecular formula is C20H22BClO4. The number of hydrogen-bond acceptors (Lipinski definition) is 4. The first kappa shape index (κ1) is 19.0.